The summed E-state index contributed by atoms with van der Waals surface area (Å²) < 4.78 is 0. The summed E-state index contributed by atoms with van der Waals surface area (Å²) in [5, 5.41) is 0. The molecule has 0 aliphatic heterocycles. The maximum Gasteiger partial charge on any atom is 0.252 e. The molecule has 82 valence electrons. The van der Waals surface area contributed by atoms with Gasteiger partial charge in [0.1, 0.15) is 0 Å². The summed E-state index contributed by atoms with van der Waals surface area (Å²) in [5.41, 5.74) is 1.73. The fourth-order valence-corrected chi connectivity index (χ4v) is 2.49. The summed E-state index contributed by atoms with van der Waals surface area (Å²) in [4.78, 5) is 14.5. The first-order valence-electron chi connectivity index (χ1n) is 5.59. The molecule has 0 saturated heterocycles. The minimum absolute atomic E-state index is 0.0203. The molecule has 0 bridgehead atoms. The second-order valence-corrected chi connectivity index (χ2v) is 4.50. The normalized spacial score (nSPS) is 17.9. The molecule has 15 heavy (non-hydrogen) atoms. The first-order valence-corrected chi connectivity index (χ1v) is 6.13. The predicted octanol–water partition coefficient (Wildman–Crippen LogP) is 3.16. The van der Waals surface area contributed by atoms with Gasteiger partial charge in [-0.15, -0.1) is 11.6 Å². The molecular weight excluding hydrogens is 210 g/mol. The minimum atomic E-state index is -0.0203. The van der Waals surface area contributed by atoms with Crippen molar-refractivity contribution in [2.24, 2.45) is 0 Å². The molecule has 1 heterocycles. The molecule has 0 amide bonds. The summed E-state index contributed by atoms with van der Waals surface area (Å²) in [6.07, 6.45) is 6.31. The van der Waals surface area contributed by atoms with Gasteiger partial charge in [0.05, 0.1) is 5.88 Å². The number of aromatic nitrogens is 1. The second-order valence-electron chi connectivity index (χ2n) is 4.24. The number of nitrogens with one attached hydrogen (secondary N) is 1. The van der Waals surface area contributed by atoms with Gasteiger partial charge in [-0.1, -0.05) is 25.3 Å². The second kappa shape index (κ2) is 4.84. The Kier molecular flexibility index (Phi) is 3.47. The van der Waals surface area contributed by atoms with Crippen LogP contribution in [0.3, 0.4) is 0 Å². The lowest BCUT2D eigenvalue weighted by atomic mass is 9.86. The molecule has 0 aromatic carbocycles. The molecular formula is C12H16ClNO. The van der Waals surface area contributed by atoms with E-state index in [1.54, 1.807) is 0 Å². The van der Waals surface area contributed by atoms with Crippen molar-refractivity contribution in [2.75, 3.05) is 0 Å². The van der Waals surface area contributed by atoms with Crippen LogP contribution in [0.15, 0.2) is 16.9 Å². The van der Waals surface area contributed by atoms with E-state index in [0.717, 1.165) is 5.69 Å². The average Bonchev–Trinajstić information content (AvgIpc) is 2.30. The topological polar surface area (TPSA) is 32.9 Å². The number of pyridine rings is 1. The average molecular weight is 226 g/mol. The lowest BCUT2D eigenvalue weighted by Crippen LogP contribution is -2.16. The lowest BCUT2D eigenvalue weighted by molar-refractivity contribution is 0.436. The number of H-pyrrole nitrogens is 1. The van der Waals surface area contributed by atoms with Crippen molar-refractivity contribution in [3.05, 3.63) is 33.7 Å². The highest BCUT2D eigenvalue weighted by Crippen LogP contribution is 2.30. The van der Waals surface area contributed by atoms with Crippen LogP contribution >= 0.6 is 11.6 Å². The summed E-state index contributed by atoms with van der Waals surface area (Å²) in [5.74, 6) is 0.844. The zero-order valence-electron chi connectivity index (χ0n) is 8.76. The molecule has 0 spiro atoms. The van der Waals surface area contributed by atoms with Gasteiger partial charge in [-0.25, -0.2) is 0 Å². The van der Waals surface area contributed by atoms with Crippen molar-refractivity contribution in [1.29, 1.82) is 0 Å². The van der Waals surface area contributed by atoms with Crippen LogP contribution in [-0.2, 0) is 5.88 Å². The van der Waals surface area contributed by atoms with Gasteiger partial charge >= 0.3 is 0 Å². The Hall–Kier alpha value is -0.760. The molecule has 3 heteroatoms. The van der Waals surface area contributed by atoms with Crippen LogP contribution in [0.5, 0.6) is 0 Å². The third-order valence-corrected chi connectivity index (χ3v) is 3.49. The quantitative estimate of drug-likeness (QED) is 0.771. The highest BCUT2D eigenvalue weighted by molar-refractivity contribution is 6.17. The van der Waals surface area contributed by atoms with E-state index in [2.05, 4.69) is 4.98 Å². The third-order valence-electron chi connectivity index (χ3n) is 3.20. The van der Waals surface area contributed by atoms with Gasteiger partial charge in [-0.2, -0.15) is 0 Å². The number of rotatable bonds is 2. The Morgan fingerprint density at radius 2 is 2.00 bits per heavy atom. The zero-order chi connectivity index (χ0) is 10.7. The summed E-state index contributed by atoms with van der Waals surface area (Å²) in [7, 11) is 0. The molecule has 1 aromatic rings. The van der Waals surface area contributed by atoms with Crippen molar-refractivity contribution >= 4 is 11.6 Å². The molecule has 0 atom stereocenters. The third kappa shape index (κ3) is 2.43. The van der Waals surface area contributed by atoms with E-state index in [0.29, 0.717) is 17.4 Å². The van der Waals surface area contributed by atoms with E-state index in [4.69, 9.17) is 11.6 Å². The largest absolute Gasteiger partial charge is 0.326 e. The molecule has 0 radical (unpaired) electrons. The smallest absolute Gasteiger partial charge is 0.252 e. The fourth-order valence-electron chi connectivity index (χ4n) is 2.28. The number of alkyl halides is 1. The van der Waals surface area contributed by atoms with E-state index in [1.165, 1.54) is 32.1 Å². The number of hydrogen-bond acceptors (Lipinski definition) is 1. The van der Waals surface area contributed by atoms with Crippen molar-refractivity contribution in [3.8, 4) is 0 Å². The van der Waals surface area contributed by atoms with Crippen LogP contribution in [0.2, 0.25) is 0 Å². The summed E-state index contributed by atoms with van der Waals surface area (Å²) >= 11 is 5.65. The Labute approximate surface area is 94.7 Å². The van der Waals surface area contributed by atoms with Gasteiger partial charge in [-0.05, 0) is 24.8 Å². The molecule has 1 aliphatic carbocycles. The SMILES string of the molecule is O=c1[nH]c(C2CCCCC2)ccc1CCl. The van der Waals surface area contributed by atoms with E-state index in [-0.39, 0.29) is 5.56 Å². The van der Waals surface area contributed by atoms with Gasteiger partial charge < -0.3 is 4.98 Å². The van der Waals surface area contributed by atoms with Crippen LogP contribution in [-0.4, -0.2) is 4.98 Å². The monoisotopic (exact) mass is 225 g/mol. The van der Waals surface area contributed by atoms with E-state index in [9.17, 15) is 4.79 Å². The highest BCUT2D eigenvalue weighted by Gasteiger charge is 2.16. The van der Waals surface area contributed by atoms with Gasteiger partial charge in [0, 0.05) is 11.3 Å². The molecule has 2 rings (SSSR count). The summed E-state index contributed by atoms with van der Waals surface area (Å²) in [6.45, 7) is 0. The van der Waals surface area contributed by atoms with Crippen molar-refractivity contribution < 1.29 is 0 Å². The van der Waals surface area contributed by atoms with E-state index in [1.807, 2.05) is 12.1 Å². The molecule has 2 nitrogen and oxygen atoms in total. The Morgan fingerprint density at radius 1 is 1.27 bits per heavy atom. The molecule has 1 aliphatic rings. The molecule has 1 aromatic heterocycles. The van der Waals surface area contributed by atoms with Crippen LogP contribution in [0.1, 0.15) is 49.3 Å². The van der Waals surface area contributed by atoms with Gasteiger partial charge in [0.2, 0.25) is 0 Å². The van der Waals surface area contributed by atoms with Crippen LogP contribution in [0, 0.1) is 0 Å². The Bertz CT molecular complexity index is 379. The van der Waals surface area contributed by atoms with Crippen LogP contribution in [0.25, 0.3) is 0 Å². The zero-order valence-corrected chi connectivity index (χ0v) is 9.52. The first kappa shape index (κ1) is 10.7. The predicted molar refractivity (Wildman–Crippen MR) is 62.4 cm³/mol. The maximum absolute atomic E-state index is 11.6. The molecule has 1 fully saturated rings. The van der Waals surface area contributed by atoms with Crippen molar-refractivity contribution in [3.63, 3.8) is 0 Å². The number of hydrogen-bond donors (Lipinski definition) is 1. The molecule has 1 saturated carbocycles. The minimum Gasteiger partial charge on any atom is -0.326 e. The van der Waals surface area contributed by atoms with Crippen LogP contribution < -0.4 is 5.56 Å². The first-order chi connectivity index (χ1) is 7.31. The molecule has 1 N–H and O–H groups in total. The Morgan fingerprint density at radius 3 is 2.60 bits per heavy atom. The van der Waals surface area contributed by atoms with Gasteiger partial charge in [-0.3, -0.25) is 4.79 Å². The Balaban J connectivity index is 2.21. The highest BCUT2D eigenvalue weighted by atomic mass is 35.5. The molecule has 0 unspecified atom stereocenters. The lowest BCUT2D eigenvalue weighted by Gasteiger charge is -2.21. The number of aromatic amines is 1. The standard InChI is InChI=1S/C12H16ClNO/c13-8-10-6-7-11(14-12(10)15)9-4-2-1-3-5-9/h6-7,9H,1-5,8H2,(H,14,15). The fraction of sp³-hybridized carbons (Fsp3) is 0.583. The summed E-state index contributed by atoms with van der Waals surface area (Å²) in [6, 6.07) is 3.88. The number of halogens is 1. The van der Waals surface area contributed by atoms with E-state index >= 15 is 0 Å². The van der Waals surface area contributed by atoms with Crippen LogP contribution in [0.4, 0.5) is 0 Å². The maximum atomic E-state index is 11.6. The van der Waals surface area contributed by atoms with Gasteiger partial charge in [0.15, 0.2) is 0 Å². The van der Waals surface area contributed by atoms with E-state index < -0.39 is 0 Å². The van der Waals surface area contributed by atoms with Crippen molar-refractivity contribution in [1.82, 2.24) is 4.98 Å². The van der Waals surface area contributed by atoms with Gasteiger partial charge in [0.25, 0.3) is 5.56 Å². The van der Waals surface area contributed by atoms with Crippen molar-refractivity contribution in [2.45, 2.75) is 43.9 Å².